The second-order valence-corrected chi connectivity index (χ2v) is 9.24. The van der Waals surface area contributed by atoms with Gasteiger partial charge in [-0.15, -0.1) is 0 Å². The van der Waals surface area contributed by atoms with Crippen molar-refractivity contribution in [1.29, 1.82) is 0 Å². The highest BCUT2D eigenvalue weighted by Gasteiger charge is 2.19. The van der Waals surface area contributed by atoms with Gasteiger partial charge in [-0.05, 0) is 48.9 Å². The maximum absolute atomic E-state index is 12.8. The number of sulfonamides is 1. The molecule has 0 aromatic heterocycles. The number of rotatable bonds is 8. The van der Waals surface area contributed by atoms with E-state index in [4.69, 9.17) is 9.47 Å². The highest BCUT2D eigenvalue weighted by atomic mass is 32.2. The fraction of sp³-hybridized carbons (Fsp3) is 0.208. The quantitative estimate of drug-likeness (QED) is 0.469. The maximum atomic E-state index is 12.8. The average Bonchev–Trinajstić information content (AvgIpc) is 2.84. The van der Waals surface area contributed by atoms with Gasteiger partial charge >= 0.3 is 0 Å². The number of benzene rings is 3. The summed E-state index contributed by atoms with van der Waals surface area (Å²) < 4.78 is 39.0. The first kappa shape index (κ1) is 22.5. The van der Waals surface area contributed by atoms with Crippen molar-refractivity contribution in [2.24, 2.45) is 0 Å². The predicted molar refractivity (Wildman–Crippen MR) is 126 cm³/mol. The molecule has 1 amide bonds. The first-order valence-corrected chi connectivity index (χ1v) is 12.0. The van der Waals surface area contributed by atoms with Crippen LogP contribution in [0.4, 0.5) is 11.4 Å². The van der Waals surface area contributed by atoms with E-state index in [2.05, 4.69) is 15.4 Å². The second kappa shape index (κ2) is 9.83. The Morgan fingerprint density at radius 2 is 1.58 bits per heavy atom. The summed E-state index contributed by atoms with van der Waals surface area (Å²) in [7, 11) is -3.80. The van der Waals surface area contributed by atoms with E-state index in [0.717, 1.165) is 5.56 Å². The number of ether oxygens (including phenoxy) is 2. The Labute approximate surface area is 193 Å². The van der Waals surface area contributed by atoms with E-state index in [1.807, 2.05) is 30.3 Å². The van der Waals surface area contributed by atoms with Gasteiger partial charge in [-0.3, -0.25) is 9.52 Å². The molecule has 33 heavy (non-hydrogen) atoms. The predicted octanol–water partition coefficient (Wildman–Crippen LogP) is 3.38. The Hall–Kier alpha value is -3.72. The van der Waals surface area contributed by atoms with Crippen molar-refractivity contribution >= 4 is 27.3 Å². The van der Waals surface area contributed by atoms with Gasteiger partial charge in [0.05, 0.1) is 4.90 Å². The van der Waals surface area contributed by atoms with E-state index >= 15 is 0 Å². The van der Waals surface area contributed by atoms with Crippen molar-refractivity contribution in [2.75, 3.05) is 23.3 Å². The standard InChI is InChI=1S/C24H25N3O5S/c1-17(24(28)25-16-18-5-3-2-4-6-18)26-19-7-9-20(10-8-19)27-33(29,30)21-11-12-22-23(15-21)32-14-13-31-22/h2-12,15,17,26-27H,13-14,16H2,1H3,(H,25,28). The average molecular weight is 468 g/mol. The van der Waals surface area contributed by atoms with Gasteiger partial charge in [0.25, 0.3) is 10.0 Å². The summed E-state index contributed by atoms with van der Waals surface area (Å²) in [5.74, 6) is 0.794. The molecule has 1 atom stereocenters. The Morgan fingerprint density at radius 3 is 2.30 bits per heavy atom. The lowest BCUT2D eigenvalue weighted by molar-refractivity contribution is -0.121. The van der Waals surface area contributed by atoms with Crippen LogP contribution in [0.1, 0.15) is 12.5 Å². The van der Waals surface area contributed by atoms with E-state index in [1.54, 1.807) is 37.3 Å². The summed E-state index contributed by atoms with van der Waals surface area (Å²) in [5.41, 5.74) is 2.11. The smallest absolute Gasteiger partial charge is 0.262 e. The van der Waals surface area contributed by atoms with Crippen molar-refractivity contribution in [3.63, 3.8) is 0 Å². The Balaban J connectivity index is 1.34. The number of carbonyl (C=O) groups excluding carboxylic acids is 1. The first-order valence-electron chi connectivity index (χ1n) is 10.5. The van der Waals surface area contributed by atoms with E-state index in [0.29, 0.717) is 42.6 Å². The molecule has 3 aromatic rings. The molecular formula is C24H25N3O5S. The van der Waals surface area contributed by atoms with Crippen molar-refractivity contribution in [3.05, 3.63) is 78.4 Å². The van der Waals surface area contributed by atoms with Crippen LogP contribution in [-0.4, -0.2) is 33.6 Å². The third-order valence-electron chi connectivity index (χ3n) is 5.05. The van der Waals surface area contributed by atoms with E-state index in [1.165, 1.54) is 12.1 Å². The molecule has 0 radical (unpaired) electrons. The van der Waals surface area contributed by atoms with Gasteiger partial charge in [-0.1, -0.05) is 30.3 Å². The van der Waals surface area contributed by atoms with Crippen LogP contribution in [0.5, 0.6) is 11.5 Å². The monoisotopic (exact) mass is 467 g/mol. The van der Waals surface area contributed by atoms with Crippen molar-refractivity contribution < 1.29 is 22.7 Å². The van der Waals surface area contributed by atoms with Gasteiger partial charge in [0, 0.05) is 24.0 Å². The summed E-state index contributed by atoms with van der Waals surface area (Å²) in [6.07, 6.45) is 0. The van der Waals surface area contributed by atoms with Crippen LogP contribution in [0.25, 0.3) is 0 Å². The SMILES string of the molecule is CC(Nc1ccc(NS(=O)(=O)c2ccc3c(c2)OCCO3)cc1)C(=O)NCc1ccccc1. The van der Waals surface area contributed by atoms with Crippen LogP contribution in [0.3, 0.4) is 0 Å². The number of fused-ring (bicyclic) bond motifs is 1. The molecular weight excluding hydrogens is 442 g/mol. The lowest BCUT2D eigenvalue weighted by Crippen LogP contribution is -2.37. The topological polar surface area (TPSA) is 106 Å². The lowest BCUT2D eigenvalue weighted by Gasteiger charge is -2.19. The lowest BCUT2D eigenvalue weighted by atomic mass is 10.2. The van der Waals surface area contributed by atoms with Gasteiger partial charge < -0.3 is 20.1 Å². The zero-order valence-electron chi connectivity index (χ0n) is 18.1. The summed E-state index contributed by atoms with van der Waals surface area (Å²) in [6, 6.07) is 20.4. The minimum atomic E-state index is -3.80. The molecule has 1 unspecified atom stereocenters. The van der Waals surface area contributed by atoms with Crippen LogP contribution in [0, 0.1) is 0 Å². The fourth-order valence-corrected chi connectivity index (χ4v) is 4.37. The van der Waals surface area contributed by atoms with Crippen LogP contribution >= 0.6 is 0 Å². The molecule has 172 valence electrons. The number of nitrogens with one attached hydrogen (secondary N) is 3. The maximum Gasteiger partial charge on any atom is 0.262 e. The minimum absolute atomic E-state index is 0.0812. The molecule has 4 rings (SSSR count). The van der Waals surface area contributed by atoms with Gasteiger partial charge in [0.2, 0.25) is 5.91 Å². The van der Waals surface area contributed by atoms with E-state index in [9.17, 15) is 13.2 Å². The normalized spacial score (nSPS) is 13.6. The van der Waals surface area contributed by atoms with E-state index in [-0.39, 0.29) is 10.8 Å². The molecule has 9 heteroatoms. The Kier molecular flexibility index (Phi) is 6.69. The fourth-order valence-electron chi connectivity index (χ4n) is 3.29. The van der Waals surface area contributed by atoms with Crippen LogP contribution in [0.2, 0.25) is 0 Å². The molecule has 1 aliphatic rings. The van der Waals surface area contributed by atoms with E-state index < -0.39 is 16.1 Å². The number of carbonyl (C=O) groups is 1. The van der Waals surface area contributed by atoms with Gasteiger partial charge in [-0.25, -0.2) is 8.42 Å². The van der Waals surface area contributed by atoms with Crippen LogP contribution in [0.15, 0.2) is 77.7 Å². The highest BCUT2D eigenvalue weighted by Crippen LogP contribution is 2.32. The molecule has 0 fully saturated rings. The number of amides is 1. The third-order valence-corrected chi connectivity index (χ3v) is 6.43. The third kappa shape index (κ3) is 5.75. The molecule has 0 spiro atoms. The van der Waals surface area contributed by atoms with Gasteiger partial charge in [-0.2, -0.15) is 0 Å². The summed E-state index contributed by atoms with van der Waals surface area (Å²) in [5, 5.41) is 6.00. The second-order valence-electron chi connectivity index (χ2n) is 7.56. The zero-order valence-corrected chi connectivity index (χ0v) is 18.9. The largest absolute Gasteiger partial charge is 0.486 e. The molecule has 0 aliphatic carbocycles. The van der Waals surface area contributed by atoms with Gasteiger partial charge in [0.15, 0.2) is 11.5 Å². The highest BCUT2D eigenvalue weighted by molar-refractivity contribution is 7.92. The van der Waals surface area contributed by atoms with Gasteiger partial charge in [0.1, 0.15) is 19.3 Å². The summed E-state index contributed by atoms with van der Waals surface area (Å²) in [4.78, 5) is 12.4. The molecule has 0 bridgehead atoms. The number of hydrogen-bond donors (Lipinski definition) is 3. The first-order chi connectivity index (χ1) is 15.9. The van der Waals surface area contributed by atoms with Crippen LogP contribution < -0.4 is 24.8 Å². The molecule has 8 nitrogen and oxygen atoms in total. The number of anilines is 2. The number of hydrogen-bond acceptors (Lipinski definition) is 6. The Morgan fingerprint density at radius 1 is 0.909 bits per heavy atom. The molecule has 1 heterocycles. The van der Waals surface area contributed by atoms with Crippen molar-refractivity contribution in [1.82, 2.24) is 5.32 Å². The minimum Gasteiger partial charge on any atom is -0.486 e. The van der Waals surface area contributed by atoms with Crippen molar-refractivity contribution in [3.8, 4) is 11.5 Å². The van der Waals surface area contributed by atoms with Crippen molar-refractivity contribution in [2.45, 2.75) is 24.4 Å². The summed E-state index contributed by atoms with van der Waals surface area (Å²) in [6.45, 7) is 3.03. The zero-order chi connectivity index (χ0) is 23.3. The Bertz CT molecular complexity index is 1210. The molecule has 3 N–H and O–H groups in total. The molecule has 0 saturated heterocycles. The molecule has 1 aliphatic heterocycles. The molecule has 3 aromatic carbocycles. The summed E-state index contributed by atoms with van der Waals surface area (Å²) >= 11 is 0. The molecule has 0 saturated carbocycles. The van der Waals surface area contributed by atoms with Crippen LogP contribution in [-0.2, 0) is 21.4 Å².